The lowest BCUT2D eigenvalue weighted by Crippen LogP contribution is -2.32. The molecule has 2 N–H and O–H groups in total. The number of hydrogen-bond donors (Lipinski definition) is 1. The fourth-order valence-electron chi connectivity index (χ4n) is 1.94. The van der Waals surface area contributed by atoms with Gasteiger partial charge >= 0.3 is 0 Å². The van der Waals surface area contributed by atoms with E-state index in [0.717, 1.165) is 44.0 Å². The van der Waals surface area contributed by atoms with Gasteiger partial charge in [-0.2, -0.15) is 0 Å². The minimum Gasteiger partial charge on any atom is -0.376 e. The van der Waals surface area contributed by atoms with E-state index in [1.807, 2.05) is 0 Å². The Kier molecular flexibility index (Phi) is 4.28. The summed E-state index contributed by atoms with van der Waals surface area (Å²) < 4.78 is 5.73. The molecular weight excluding hydrogens is 216 g/mol. The van der Waals surface area contributed by atoms with E-state index in [1.165, 1.54) is 0 Å². The van der Waals surface area contributed by atoms with Crippen LogP contribution in [-0.2, 0) is 11.3 Å². The SMILES string of the molecule is CCC1CN(c2ncc(CN)cn2)CCCO1. The molecule has 0 aromatic carbocycles. The third kappa shape index (κ3) is 3.14. The van der Waals surface area contributed by atoms with Gasteiger partial charge in [-0.1, -0.05) is 6.92 Å². The Bertz CT molecular complexity index is 341. The van der Waals surface area contributed by atoms with Crippen LogP contribution in [0.2, 0.25) is 0 Å². The molecule has 0 aliphatic carbocycles. The zero-order chi connectivity index (χ0) is 12.1. The van der Waals surface area contributed by atoms with Crippen LogP contribution in [0.25, 0.3) is 0 Å². The maximum atomic E-state index is 5.73. The average molecular weight is 236 g/mol. The summed E-state index contributed by atoms with van der Waals surface area (Å²) in [5, 5.41) is 0. The number of nitrogens with two attached hydrogens (primary N) is 1. The molecule has 5 heteroatoms. The van der Waals surface area contributed by atoms with E-state index in [9.17, 15) is 0 Å². The molecule has 1 saturated heterocycles. The molecule has 1 aliphatic rings. The third-order valence-corrected chi connectivity index (χ3v) is 3.02. The molecule has 0 bridgehead atoms. The second-order valence-electron chi connectivity index (χ2n) is 4.30. The Morgan fingerprint density at radius 3 is 2.88 bits per heavy atom. The van der Waals surface area contributed by atoms with Crippen molar-refractivity contribution in [2.75, 3.05) is 24.6 Å². The Morgan fingerprint density at radius 2 is 2.24 bits per heavy atom. The molecule has 0 radical (unpaired) electrons. The van der Waals surface area contributed by atoms with E-state index in [1.54, 1.807) is 12.4 Å². The van der Waals surface area contributed by atoms with Gasteiger partial charge in [0.05, 0.1) is 6.10 Å². The van der Waals surface area contributed by atoms with Gasteiger partial charge in [-0.15, -0.1) is 0 Å². The Hall–Kier alpha value is -1.20. The minimum atomic E-state index is 0.287. The van der Waals surface area contributed by atoms with Crippen molar-refractivity contribution in [3.63, 3.8) is 0 Å². The number of rotatable bonds is 3. The number of anilines is 1. The van der Waals surface area contributed by atoms with Crippen molar-refractivity contribution in [2.24, 2.45) is 5.73 Å². The van der Waals surface area contributed by atoms with Crippen LogP contribution >= 0.6 is 0 Å². The van der Waals surface area contributed by atoms with Gasteiger partial charge in [0.1, 0.15) is 0 Å². The number of aromatic nitrogens is 2. The second-order valence-corrected chi connectivity index (χ2v) is 4.30. The monoisotopic (exact) mass is 236 g/mol. The van der Waals surface area contributed by atoms with Gasteiger partial charge in [-0.3, -0.25) is 0 Å². The molecule has 1 fully saturated rings. The standard InChI is InChI=1S/C12H20N4O/c1-2-11-9-16(4-3-5-17-11)12-14-7-10(6-13)8-15-12/h7-8,11H,2-6,9,13H2,1H3. The summed E-state index contributed by atoms with van der Waals surface area (Å²) in [4.78, 5) is 10.9. The van der Waals surface area contributed by atoms with Crippen molar-refractivity contribution in [1.82, 2.24) is 9.97 Å². The third-order valence-electron chi connectivity index (χ3n) is 3.02. The summed E-state index contributed by atoms with van der Waals surface area (Å²) in [6, 6.07) is 0. The van der Waals surface area contributed by atoms with Crippen LogP contribution in [0.15, 0.2) is 12.4 Å². The average Bonchev–Trinajstić information content (AvgIpc) is 2.64. The van der Waals surface area contributed by atoms with E-state index in [-0.39, 0.29) is 6.10 Å². The first-order chi connectivity index (χ1) is 8.33. The highest BCUT2D eigenvalue weighted by molar-refractivity contribution is 5.30. The lowest BCUT2D eigenvalue weighted by molar-refractivity contribution is 0.0664. The lowest BCUT2D eigenvalue weighted by Gasteiger charge is -2.23. The molecule has 0 spiro atoms. The molecule has 2 heterocycles. The highest BCUT2D eigenvalue weighted by Crippen LogP contribution is 2.14. The molecule has 17 heavy (non-hydrogen) atoms. The van der Waals surface area contributed by atoms with Gasteiger partial charge in [0.15, 0.2) is 0 Å². The van der Waals surface area contributed by atoms with Crippen LogP contribution in [0.4, 0.5) is 5.95 Å². The first-order valence-corrected chi connectivity index (χ1v) is 6.21. The van der Waals surface area contributed by atoms with Gasteiger partial charge in [0, 0.05) is 44.2 Å². The first kappa shape index (κ1) is 12.3. The molecule has 0 amide bonds. The number of hydrogen-bond acceptors (Lipinski definition) is 5. The van der Waals surface area contributed by atoms with E-state index < -0.39 is 0 Å². The molecule has 1 aromatic heterocycles. The Labute approximate surface area is 102 Å². The smallest absolute Gasteiger partial charge is 0.225 e. The molecular formula is C12H20N4O. The van der Waals surface area contributed by atoms with Crippen molar-refractivity contribution < 1.29 is 4.74 Å². The molecule has 1 unspecified atom stereocenters. The predicted octanol–water partition coefficient (Wildman–Crippen LogP) is 0.941. The van der Waals surface area contributed by atoms with E-state index in [4.69, 9.17) is 10.5 Å². The molecule has 94 valence electrons. The van der Waals surface area contributed by atoms with Crippen molar-refractivity contribution in [1.29, 1.82) is 0 Å². The summed E-state index contributed by atoms with van der Waals surface area (Å²) in [5.41, 5.74) is 6.50. The number of ether oxygens (including phenoxy) is 1. The Morgan fingerprint density at radius 1 is 1.47 bits per heavy atom. The summed E-state index contributed by atoms with van der Waals surface area (Å²) in [5.74, 6) is 0.783. The minimum absolute atomic E-state index is 0.287. The molecule has 5 nitrogen and oxygen atoms in total. The fourth-order valence-corrected chi connectivity index (χ4v) is 1.94. The van der Waals surface area contributed by atoms with Crippen molar-refractivity contribution in [3.8, 4) is 0 Å². The summed E-state index contributed by atoms with van der Waals surface area (Å²) in [6.07, 6.45) is 5.94. The maximum Gasteiger partial charge on any atom is 0.225 e. The topological polar surface area (TPSA) is 64.3 Å². The van der Waals surface area contributed by atoms with Gasteiger partial charge in [-0.05, 0) is 12.8 Å². The zero-order valence-electron chi connectivity index (χ0n) is 10.3. The lowest BCUT2D eigenvalue weighted by atomic mass is 10.2. The van der Waals surface area contributed by atoms with Crippen LogP contribution in [0.3, 0.4) is 0 Å². The van der Waals surface area contributed by atoms with E-state index in [2.05, 4.69) is 21.8 Å². The normalized spacial score (nSPS) is 21.3. The zero-order valence-corrected chi connectivity index (χ0v) is 10.3. The predicted molar refractivity (Wildman–Crippen MR) is 66.8 cm³/mol. The molecule has 1 aromatic rings. The first-order valence-electron chi connectivity index (χ1n) is 6.21. The summed E-state index contributed by atoms with van der Waals surface area (Å²) in [7, 11) is 0. The second kappa shape index (κ2) is 5.93. The quantitative estimate of drug-likeness (QED) is 0.846. The van der Waals surface area contributed by atoms with Crippen LogP contribution in [-0.4, -0.2) is 35.8 Å². The van der Waals surface area contributed by atoms with Crippen molar-refractivity contribution >= 4 is 5.95 Å². The van der Waals surface area contributed by atoms with E-state index in [0.29, 0.717) is 6.54 Å². The molecule has 1 aliphatic heterocycles. The van der Waals surface area contributed by atoms with Gasteiger partial charge < -0.3 is 15.4 Å². The summed E-state index contributed by atoms with van der Waals surface area (Å²) in [6.45, 7) is 5.29. The molecule has 0 saturated carbocycles. The highest BCUT2D eigenvalue weighted by Gasteiger charge is 2.18. The van der Waals surface area contributed by atoms with Crippen molar-refractivity contribution in [3.05, 3.63) is 18.0 Å². The fraction of sp³-hybridized carbons (Fsp3) is 0.667. The van der Waals surface area contributed by atoms with Gasteiger partial charge in [0.25, 0.3) is 0 Å². The molecule has 1 atom stereocenters. The van der Waals surface area contributed by atoms with Crippen LogP contribution in [0.5, 0.6) is 0 Å². The van der Waals surface area contributed by atoms with Crippen LogP contribution < -0.4 is 10.6 Å². The van der Waals surface area contributed by atoms with Gasteiger partial charge in [-0.25, -0.2) is 9.97 Å². The highest BCUT2D eigenvalue weighted by atomic mass is 16.5. The van der Waals surface area contributed by atoms with Crippen LogP contribution in [0.1, 0.15) is 25.3 Å². The van der Waals surface area contributed by atoms with Crippen LogP contribution in [0, 0.1) is 0 Å². The summed E-state index contributed by atoms with van der Waals surface area (Å²) >= 11 is 0. The largest absolute Gasteiger partial charge is 0.376 e. The molecule has 2 rings (SSSR count). The van der Waals surface area contributed by atoms with Gasteiger partial charge in [0.2, 0.25) is 5.95 Å². The number of nitrogens with zero attached hydrogens (tertiary/aromatic N) is 3. The van der Waals surface area contributed by atoms with E-state index >= 15 is 0 Å². The Balaban J connectivity index is 2.08. The maximum absolute atomic E-state index is 5.73. The van der Waals surface area contributed by atoms with Crippen molar-refractivity contribution in [2.45, 2.75) is 32.4 Å².